The predicted octanol–water partition coefficient (Wildman–Crippen LogP) is 2.74. The maximum Gasteiger partial charge on any atom is 0.340 e. The Bertz CT molecular complexity index is 550. The Hall–Kier alpha value is -1.92. The molecule has 6 heteroatoms. The molecule has 0 N–H and O–H groups in total. The van der Waals surface area contributed by atoms with Gasteiger partial charge in [-0.25, -0.2) is 9.59 Å². The van der Waals surface area contributed by atoms with Gasteiger partial charge in [-0.2, -0.15) is 0 Å². The van der Waals surface area contributed by atoms with Gasteiger partial charge in [0, 0.05) is 6.61 Å². The number of ether oxygens (including phenoxy) is 4. The number of benzene rings is 1. The third-order valence-corrected chi connectivity index (χ3v) is 3.70. The molecule has 0 saturated carbocycles. The lowest BCUT2D eigenvalue weighted by Crippen LogP contribution is -2.31. The molecular weight excluding hydrogens is 312 g/mol. The third-order valence-electron chi connectivity index (χ3n) is 3.70. The van der Waals surface area contributed by atoms with E-state index in [9.17, 15) is 9.59 Å². The second-order valence-electron chi connectivity index (χ2n) is 5.63. The van der Waals surface area contributed by atoms with Crippen LogP contribution in [0.1, 0.15) is 43.5 Å². The summed E-state index contributed by atoms with van der Waals surface area (Å²) in [4.78, 5) is 23.8. The molecule has 24 heavy (non-hydrogen) atoms. The van der Waals surface area contributed by atoms with Crippen molar-refractivity contribution in [3.63, 3.8) is 0 Å². The molecule has 1 aromatic rings. The number of carbonyl (C=O) groups is 2. The van der Waals surface area contributed by atoms with E-state index in [1.807, 2.05) is 0 Å². The molecule has 2 unspecified atom stereocenters. The average molecular weight is 336 g/mol. The summed E-state index contributed by atoms with van der Waals surface area (Å²) in [6.45, 7) is 4.78. The van der Waals surface area contributed by atoms with Crippen molar-refractivity contribution in [3.05, 3.63) is 29.8 Å². The fourth-order valence-corrected chi connectivity index (χ4v) is 2.36. The molecule has 1 aliphatic rings. The molecule has 1 aromatic carbocycles. The lowest BCUT2D eigenvalue weighted by atomic mass is 10.1. The topological polar surface area (TPSA) is 71.1 Å². The second-order valence-corrected chi connectivity index (χ2v) is 5.63. The van der Waals surface area contributed by atoms with Crippen LogP contribution in [0.5, 0.6) is 5.75 Å². The van der Waals surface area contributed by atoms with Crippen molar-refractivity contribution >= 4 is 11.9 Å². The van der Waals surface area contributed by atoms with Crippen molar-refractivity contribution < 1.29 is 28.5 Å². The highest BCUT2D eigenvalue weighted by Crippen LogP contribution is 2.16. The van der Waals surface area contributed by atoms with Crippen LogP contribution in [0.2, 0.25) is 0 Å². The second kappa shape index (κ2) is 9.39. The summed E-state index contributed by atoms with van der Waals surface area (Å²) in [6.07, 6.45) is 2.48. The van der Waals surface area contributed by atoms with Crippen LogP contribution in [0.3, 0.4) is 0 Å². The van der Waals surface area contributed by atoms with Crippen molar-refractivity contribution in [2.75, 3.05) is 19.8 Å². The molecule has 132 valence electrons. The largest absolute Gasteiger partial charge is 0.462 e. The number of hydrogen-bond donors (Lipinski definition) is 0. The Morgan fingerprint density at radius 2 is 2.17 bits per heavy atom. The van der Waals surface area contributed by atoms with Crippen molar-refractivity contribution in [1.29, 1.82) is 0 Å². The molecule has 0 aliphatic carbocycles. The molecular formula is C18H24O6. The summed E-state index contributed by atoms with van der Waals surface area (Å²) in [5.41, 5.74) is 0.339. The van der Waals surface area contributed by atoms with E-state index in [-0.39, 0.29) is 18.5 Å². The van der Waals surface area contributed by atoms with E-state index >= 15 is 0 Å². The average Bonchev–Trinajstić information content (AvgIpc) is 2.61. The highest BCUT2D eigenvalue weighted by atomic mass is 16.6. The molecule has 1 aliphatic heterocycles. The van der Waals surface area contributed by atoms with E-state index in [1.165, 1.54) is 6.07 Å². The van der Waals surface area contributed by atoms with Gasteiger partial charge < -0.3 is 18.9 Å². The molecule has 1 saturated heterocycles. The van der Waals surface area contributed by atoms with Gasteiger partial charge in [0.1, 0.15) is 5.75 Å². The minimum absolute atomic E-state index is 0.0427. The van der Waals surface area contributed by atoms with Crippen LogP contribution in [0, 0.1) is 0 Å². The van der Waals surface area contributed by atoms with Crippen LogP contribution < -0.4 is 4.74 Å². The van der Waals surface area contributed by atoms with Gasteiger partial charge in [0.05, 0.1) is 24.9 Å². The summed E-state index contributed by atoms with van der Waals surface area (Å²) < 4.78 is 21.3. The molecule has 0 spiro atoms. The van der Waals surface area contributed by atoms with E-state index in [4.69, 9.17) is 18.9 Å². The van der Waals surface area contributed by atoms with E-state index in [0.717, 1.165) is 25.9 Å². The molecule has 0 amide bonds. The fraction of sp³-hybridized carbons (Fsp3) is 0.556. The predicted molar refractivity (Wildman–Crippen MR) is 87.0 cm³/mol. The van der Waals surface area contributed by atoms with Gasteiger partial charge in [-0.15, -0.1) is 0 Å². The Kier molecular flexibility index (Phi) is 7.21. The van der Waals surface area contributed by atoms with E-state index < -0.39 is 18.0 Å². The normalized spacial score (nSPS) is 18.7. The number of rotatable bonds is 7. The maximum atomic E-state index is 12.1. The fourth-order valence-electron chi connectivity index (χ4n) is 2.36. The molecule has 1 fully saturated rings. The zero-order chi connectivity index (χ0) is 17.4. The van der Waals surface area contributed by atoms with Gasteiger partial charge in [0.25, 0.3) is 0 Å². The molecule has 2 rings (SSSR count). The van der Waals surface area contributed by atoms with E-state index in [1.54, 1.807) is 32.0 Å². The first-order valence-electron chi connectivity index (χ1n) is 8.32. The van der Waals surface area contributed by atoms with Crippen LogP contribution in [0.4, 0.5) is 0 Å². The summed E-state index contributed by atoms with van der Waals surface area (Å²) in [6, 6.07) is 6.33. The molecule has 1 heterocycles. The Morgan fingerprint density at radius 3 is 2.88 bits per heavy atom. The summed E-state index contributed by atoms with van der Waals surface area (Å²) in [5.74, 6) is -0.670. The van der Waals surface area contributed by atoms with Crippen LogP contribution in [-0.2, 0) is 19.0 Å². The lowest BCUT2D eigenvalue weighted by molar-refractivity contribution is -0.149. The summed E-state index contributed by atoms with van der Waals surface area (Å²) in [5, 5.41) is 0. The van der Waals surface area contributed by atoms with Crippen LogP contribution in [0.15, 0.2) is 24.3 Å². The van der Waals surface area contributed by atoms with E-state index in [2.05, 4.69) is 0 Å². The summed E-state index contributed by atoms with van der Waals surface area (Å²) >= 11 is 0. The first kappa shape index (κ1) is 18.4. The Labute approximate surface area is 142 Å². The standard InChI is InChI=1S/C18H24O6/c1-3-21-18(20)14-7-6-9-15(11-14)24-17(19)13(2)23-12-16-8-4-5-10-22-16/h6-7,9,11,13,16H,3-5,8,10,12H2,1-2H3. The van der Waals surface area contributed by atoms with Gasteiger partial charge in [-0.05, 0) is 51.3 Å². The Balaban J connectivity index is 1.84. The van der Waals surface area contributed by atoms with Gasteiger partial charge in [0.2, 0.25) is 0 Å². The number of esters is 2. The lowest BCUT2D eigenvalue weighted by Gasteiger charge is -2.23. The zero-order valence-electron chi connectivity index (χ0n) is 14.2. The number of carbonyl (C=O) groups excluding carboxylic acids is 2. The van der Waals surface area contributed by atoms with E-state index in [0.29, 0.717) is 12.2 Å². The highest BCUT2D eigenvalue weighted by molar-refractivity contribution is 5.90. The minimum atomic E-state index is -0.707. The SMILES string of the molecule is CCOC(=O)c1cccc(OC(=O)C(C)OCC2CCCCO2)c1. The van der Waals surface area contributed by atoms with Crippen molar-refractivity contribution in [2.45, 2.75) is 45.3 Å². The molecule has 0 aromatic heterocycles. The molecule has 6 nitrogen and oxygen atoms in total. The molecule has 2 atom stereocenters. The monoisotopic (exact) mass is 336 g/mol. The number of hydrogen-bond acceptors (Lipinski definition) is 6. The van der Waals surface area contributed by atoms with Crippen LogP contribution in [0.25, 0.3) is 0 Å². The van der Waals surface area contributed by atoms with Crippen molar-refractivity contribution in [3.8, 4) is 5.75 Å². The van der Waals surface area contributed by atoms with Gasteiger partial charge in [0.15, 0.2) is 6.10 Å². The minimum Gasteiger partial charge on any atom is -0.462 e. The van der Waals surface area contributed by atoms with Gasteiger partial charge in [-0.1, -0.05) is 6.07 Å². The zero-order valence-corrected chi connectivity index (χ0v) is 14.2. The van der Waals surface area contributed by atoms with Gasteiger partial charge in [-0.3, -0.25) is 0 Å². The Morgan fingerprint density at radius 1 is 1.33 bits per heavy atom. The smallest absolute Gasteiger partial charge is 0.340 e. The van der Waals surface area contributed by atoms with Crippen LogP contribution >= 0.6 is 0 Å². The summed E-state index contributed by atoms with van der Waals surface area (Å²) in [7, 11) is 0. The van der Waals surface area contributed by atoms with Gasteiger partial charge >= 0.3 is 11.9 Å². The third kappa shape index (κ3) is 5.62. The quantitative estimate of drug-likeness (QED) is 0.563. The van der Waals surface area contributed by atoms with Crippen LogP contribution in [-0.4, -0.2) is 44.0 Å². The molecule has 0 radical (unpaired) electrons. The first-order chi connectivity index (χ1) is 11.6. The van der Waals surface area contributed by atoms with Crippen molar-refractivity contribution in [2.24, 2.45) is 0 Å². The molecule has 0 bridgehead atoms. The van der Waals surface area contributed by atoms with Crippen molar-refractivity contribution in [1.82, 2.24) is 0 Å². The maximum absolute atomic E-state index is 12.1. The highest BCUT2D eigenvalue weighted by Gasteiger charge is 2.20. The first-order valence-corrected chi connectivity index (χ1v) is 8.32.